The number of benzene rings is 1. The molecule has 1 aliphatic heterocycles. The van der Waals surface area contributed by atoms with Crippen LogP contribution < -0.4 is 21.1 Å². The van der Waals surface area contributed by atoms with Crippen LogP contribution in [0, 0.1) is 0 Å². The molecule has 112 valence electrons. The van der Waals surface area contributed by atoms with Gasteiger partial charge in [0.15, 0.2) is 5.75 Å². The Kier molecular flexibility index (Phi) is 4.27. The van der Waals surface area contributed by atoms with Gasteiger partial charge in [-0.05, 0) is 12.1 Å². The Balaban J connectivity index is 2.20. The third-order valence-corrected chi connectivity index (χ3v) is 2.93. The summed E-state index contributed by atoms with van der Waals surface area (Å²) in [7, 11) is 0. The van der Waals surface area contributed by atoms with E-state index in [0.29, 0.717) is 24.6 Å². The summed E-state index contributed by atoms with van der Waals surface area (Å²) in [5.41, 5.74) is 5.83. The molecule has 8 heteroatoms. The van der Waals surface area contributed by atoms with E-state index in [1.165, 1.54) is 6.07 Å². The maximum absolute atomic E-state index is 12.2. The molecule has 0 saturated carbocycles. The van der Waals surface area contributed by atoms with Crippen molar-refractivity contribution in [1.29, 1.82) is 0 Å². The van der Waals surface area contributed by atoms with E-state index in [4.69, 9.17) is 15.6 Å². The number of aliphatic carboxylic acids is 1. The van der Waals surface area contributed by atoms with Crippen molar-refractivity contribution in [3.8, 4) is 5.75 Å². The number of ether oxygens (including phenoxy) is 1. The monoisotopic (exact) mass is 293 g/mol. The van der Waals surface area contributed by atoms with E-state index in [1.807, 2.05) is 0 Å². The molecule has 21 heavy (non-hydrogen) atoms. The molecule has 0 saturated heterocycles. The summed E-state index contributed by atoms with van der Waals surface area (Å²) in [6, 6.07) is 3.55. The van der Waals surface area contributed by atoms with Crippen LogP contribution in [0.4, 0.5) is 5.69 Å². The van der Waals surface area contributed by atoms with Crippen molar-refractivity contribution in [2.75, 3.05) is 18.5 Å². The SMILES string of the molecule is NC(=O)C[C@H](NC(=O)c1cccc2c1OCCN2)C(=O)O. The number of primary amides is 1. The first-order chi connectivity index (χ1) is 9.99. The summed E-state index contributed by atoms with van der Waals surface area (Å²) in [4.78, 5) is 34.0. The van der Waals surface area contributed by atoms with Crippen molar-refractivity contribution < 1.29 is 24.2 Å². The fourth-order valence-corrected chi connectivity index (χ4v) is 1.99. The van der Waals surface area contributed by atoms with Crippen LogP contribution in [0.15, 0.2) is 18.2 Å². The summed E-state index contributed by atoms with van der Waals surface area (Å²) in [6.07, 6.45) is -0.477. The van der Waals surface area contributed by atoms with Crippen LogP contribution in [0.1, 0.15) is 16.8 Å². The van der Waals surface area contributed by atoms with E-state index in [1.54, 1.807) is 12.1 Å². The molecule has 8 nitrogen and oxygen atoms in total. The van der Waals surface area contributed by atoms with E-state index >= 15 is 0 Å². The highest BCUT2D eigenvalue weighted by Crippen LogP contribution is 2.31. The summed E-state index contributed by atoms with van der Waals surface area (Å²) in [5, 5.41) is 14.3. The molecule has 0 radical (unpaired) electrons. The van der Waals surface area contributed by atoms with Gasteiger partial charge in [0.2, 0.25) is 5.91 Å². The van der Waals surface area contributed by atoms with Crippen molar-refractivity contribution >= 4 is 23.5 Å². The first-order valence-electron chi connectivity index (χ1n) is 6.30. The first-order valence-corrected chi connectivity index (χ1v) is 6.30. The number of para-hydroxylation sites is 1. The van der Waals surface area contributed by atoms with E-state index in [2.05, 4.69) is 10.6 Å². The zero-order valence-electron chi connectivity index (χ0n) is 11.1. The van der Waals surface area contributed by atoms with E-state index in [-0.39, 0.29) is 5.56 Å². The zero-order chi connectivity index (χ0) is 15.4. The summed E-state index contributed by atoms with van der Waals surface area (Å²) < 4.78 is 5.44. The van der Waals surface area contributed by atoms with E-state index in [9.17, 15) is 14.4 Å². The quantitative estimate of drug-likeness (QED) is 0.581. The van der Waals surface area contributed by atoms with Gasteiger partial charge in [0, 0.05) is 6.54 Å². The molecule has 1 aromatic carbocycles. The number of rotatable bonds is 5. The molecule has 0 aliphatic carbocycles. The Labute approximate surface area is 120 Å². The Hall–Kier alpha value is -2.77. The standard InChI is InChI=1S/C13H15N3O5/c14-10(17)6-9(13(19)20)16-12(18)7-2-1-3-8-11(7)21-5-4-15-8/h1-3,9,15H,4-6H2,(H2,14,17)(H,16,18)(H,19,20)/t9-/m0/s1. The van der Waals surface area contributed by atoms with Gasteiger partial charge in [-0.3, -0.25) is 9.59 Å². The van der Waals surface area contributed by atoms with Crippen LogP contribution in [0.25, 0.3) is 0 Å². The molecule has 2 amide bonds. The molecule has 1 aromatic rings. The van der Waals surface area contributed by atoms with Crippen molar-refractivity contribution in [1.82, 2.24) is 5.32 Å². The molecule has 1 heterocycles. The van der Waals surface area contributed by atoms with Crippen LogP contribution in [0.5, 0.6) is 5.75 Å². The fourth-order valence-electron chi connectivity index (χ4n) is 1.99. The Bertz CT molecular complexity index is 587. The van der Waals surface area contributed by atoms with E-state index < -0.39 is 30.2 Å². The van der Waals surface area contributed by atoms with Crippen LogP contribution in [0.3, 0.4) is 0 Å². The minimum Gasteiger partial charge on any atom is -0.489 e. The van der Waals surface area contributed by atoms with Crippen LogP contribution in [-0.2, 0) is 9.59 Å². The van der Waals surface area contributed by atoms with Crippen LogP contribution in [0.2, 0.25) is 0 Å². The number of carbonyl (C=O) groups is 3. The van der Waals surface area contributed by atoms with Gasteiger partial charge in [-0.1, -0.05) is 6.07 Å². The fraction of sp³-hybridized carbons (Fsp3) is 0.308. The van der Waals surface area contributed by atoms with Gasteiger partial charge in [0.25, 0.3) is 5.91 Å². The highest BCUT2D eigenvalue weighted by atomic mass is 16.5. The summed E-state index contributed by atoms with van der Waals surface area (Å²) >= 11 is 0. The topological polar surface area (TPSA) is 131 Å². The molecule has 0 fully saturated rings. The third-order valence-electron chi connectivity index (χ3n) is 2.93. The van der Waals surface area contributed by atoms with Crippen LogP contribution in [-0.4, -0.2) is 42.1 Å². The molecular weight excluding hydrogens is 278 g/mol. The number of hydrogen-bond donors (Lipinski definition) is 4. The summed E-state index contributed by atoms with van der Waals surface area (Å²) in [6.45, 7) is 1.03. The molecule has 1 aliphatic rings. The summed E-state index contributed by atoms with van der Waals surface area (Å²) in [5.74, 6) is -2.41. The number of nitrogens with one attached hydrogen (secondary N) is 2. The van der Waals surface area contributed by atoms with Crippen molar-refractivity contribution in [3.63, 3.8) is 0 Å². The average molecular weight is 293 g/mol. The maximum Gasteiger partial charge on any atom is 0.326 e. The lowest BCUT2D eigenvalue weighted by Gasteiger charge is -2.22. The first kappa shape index (κ1) is 14.6. The number of carboxylic acids is 1. The normalized spacial score (nSPS) is 14.1. The number of amides is 2. The molecule has 5 N–H and O–H groups in total. The Morgan fingerprint density at radius 2 is 2.19 bits per heavy atom. The number of carboxylic acid groups (broad SMARTS) is 1. The van der Waals surface area contributed by atoms with Gasteiger partial charge >= 0.3 is 5.97 Å². The van der Waals surface area contributed by atoms with Crippen molar-refractivity contribution in [2.24, 2.45) is 5.73 Å². The average Bonchev–Trinajstić information content (AvgIpc) is 2.45. The Morgan fingerprint density at radius 3 is 2.86 bits per heavy atom. The molecular formula is C13H15N3O5. The van der Waals surface area contributed by atoms with Gasteiger partial charge in [-0.15, -0.1) is 0 Å². The second-order valence-electron chi connectivity index (χ2n) is 4.49. The van der Waals surface area contributed by atoms with E-state index in [0.717, 1.165) is 0 Å². The highest BCUT2D eigenvalue weighted by molar-refractivity contribution is 6.01. The van der Waals surface area contributed by atoms with Crippen LogP contribution >= 0.6 is 0 Å². The molecule has 0 bridgehead atoms. The number of carbonyl (C=O) groups excluding carboxylic acids is 2. The minimum atomic E-state index is -1.37. The van der Waals surface area contributed by atoms with Gasteiger partial charge in [-0.25, -0.2) is 4.79 Å². The lowest BCUT2D eigenvalue weighted by atomic mass is 10.1. The minimum absolute atomic E-state index is 0.204. The van der Waals surface area contributed by atoms with Gasteiger partial charge in [-0.2, -0.15) is 0 Å². The molecule has 1 atom stereocenters. The lowest BCUT2D eigenvalue weighted by molar-refractivity contribution is -0.140. The molecule has 0 aromatic heterocycles. The Morgan fingerprint density at radius 1 is 1.43 bits per heavy atom. The van der Waals surface area contributed by atoms with Crippen molar-refractivity contribution in [3.05, 3.63) is 23.8 Å². The molecule has 2 rings (SSSR count). The second-order valence-corrected chi connectivity index (χ2v) is 4.49. The van der Waals surface area contributed by atoms with Gasteiger partial charge in [0.1, 0.15) is 12.6 Å². The largest absolute Gasteiger partial charge is 0.489 e. The number of anilines is 1. The maximum atomic E-state index is 12.2. The predicted molar refractivity (Wildman–Crippen MR) is 73.1 cm³/mol. The van der Waals surface area contributed by atoms with Crippen molar-refractivity contribution in [2.45, 2.75) is 12.5 Å². The molecule has 0 unspecified atom stereocenters. The highest BCUT2D eigenvalue weighted by Gasteiger charge is 2.25. The number of fused-ring (bicyclic) bond motifs is 1. The number of nitrogens with two attached hydrogens (primary N) is 1. The predicted octanol–water partition coefficient (Wildman–Crippen LogP) is -0.451. The van der Waals surface area contributed by atoms with Gasteiger partial charge < -0.3 is 26.2 Å². The second kappa shape index (κ2) is 6.12. The lowest BCUT2D eigenvalue weighted by Crippen LogP contribution is -2.43. The van der Waals surface area contributed by atoms with Gasteiger partial charge in [0.05, 0.1) is 17.7 Å². The zero-order valence-corrected chi connectivity index (χ0v) is 11.1. The third kappa shape index (κ3) is 3.41. The smallest absolute Gasteiger partial charge is 0.326 e. The number of hydrogen-bond acceptors (Lipinski definition) is 5. The molecule has 0 spiro atoms.